The maximum atomic E-state index is 2.40. The lowest BCUT2D eigenvalue weighted by molar-refractivity contribution is -0.903. The first-order valence-electron chi connectivity index (χ1n) is 4.81. The maximum absolute atomic E-state index is 2.40. The summed E-state index contributed by atoms with van der Waals surface area (Å²) in [6, 6.07) is 0.856. The zero-order valence-electron chi connectivity index (χ0n) is 8.59. The van der Waals surface area contributed by atoms with Gasteiger partial charge in [0.25, 0.3) is 0 Å². The molecule has 0 aliphatic carbocycles. The SMILES string of the molecule is CCC1C(C)C[N+](C)(C)C1C. The van der Waals surface area contributed by atoms with E-state index in [2.05, 4.69) is 34.9 Å². The van der Waals surface area contributed by atoms with Crippen molar-refractivity contribution in [1.29, 1.82) is 0 Å². The molecule has 11 heavy (non-hydrogen) atoms. The quantitative estimate of drug-likeness (QED) is 0.510. The molecule has 0 radical (unpaired) electrons. The van der Waals surface area contributed by atoms with Crippen LogP contribution in [0.15, 0.2) is 0 Å². The smallest absolute Gasteiger partial charge is 0.0890 e. The first-order chi connectivity index (χ1) is 4.99. The second-order valence-electron chi connectivity index (χ2n) is 4.75. The van der Waals surface area contributed by atoms with Gasteiger partial charge in [-0.15, -0.1) is 0 Å². The van der Waals surface area contributed by atoms with Crippen LogP contribution in [0.1, 0.15) is 27.2 Å². The summed E-state index contributed by atoms with van der Waals surface area (Å²) in [7, 11) is 4.72. The van der Waals surface area contributed by atoms with E-state index in [1.54, 1.807) is 0 Å². The number of hydrogen-bond donors (Lipinski definition) is 0. The zero-order valence-corrected chi connectivity index (χ0v) is 8.59. The molecule has 1 aliphatic rings. The molecule has 0 saturated carbocycles. The van der Waals surface area contributed by atoms with Crippen LogP contribution in [-0.4, -0.2) is 31.2 Å². The van der Waals surface area contributed by atoms with E-state index < -0.39 is 0 Å². The highest BCUT2D eigenvalue weighted by atomic mass is 15.4. The highest BCUT2D eigenvalue weighted by molar-refractivity contribution is 4.77. The highest BCUT2D eigenvalue weighted by Crippen LogP contribution is 2.34. The average Bonchev–Trinajstić information content (AvgIpc) is 2.04. The molecule has 0 bridgehead atoms. The van der Waals surface area contributed by atoms with Crippen molar-refractivity contribution >= 4 is 0 Å². The Morgan fingerprint density at radius 1 is 1.27 bits per heavy atom. The maximum Gasteiger partial charge on any atom is 0.0890 e. The van der Waals surface area contributed by atoms with Crippen molar-refractivity contribution in [3.05, 3.63) is 0 Å². The normalized spacial score (nSPS) is 42.8. The van der Waals surface area contributed by atoms with E-state index in [0.717, 1.165) is 17.9 Å². The number of quaternary nitrogens is 1. The highest BCUT2D eigenvalue weighted by Gasteiger charge is 2.42. The number of rotatable bonds is 1. The summed E-state index contributed by atoms with van der Waals surface area (Å²) >= 11 is 0. The molecular weight excluding hydrogens is 134 g/mol. The summed E-state index contributed by atoms with van der Waals surface area (Å²) in [5.41, 5.74) is 0. The molecule has 3 atom stereocenters. The minimum absolute atomic E-state index is 0.856. The summed E-state index contributed by atoms with van der Waals surface area (Å²) in [6.45, 7) is 8.48. The third-order valence-corrected chi connectivity index (χ3v) is 3.68. The van der Waals surface area contributed by atoms with E-state index in [1.165, 1.54) is 17.4 Å². The third kappa shape index (κ3) is 1.44. The van der Waals surface area contributed by atoms with Crippen molar-refractivity contribution in [2.75, 3.05) is 20.6 Å². The van der Waals surface area contributed by atoms with Gasteiger partial charge in [-0.05, 0) is 13.3 Å². The molecule has 1 nitrogen and oxygen atoms in total. The van der Waals surface area contributed by atoms with Gasteiger partial charge in [0.05, 0.1) is 26.7 Å². The van der Waals surface area contributed by atoms with Crippen molar-refractivity contribution in [3.63, 3.8) is 0 Å². The van der Waals surface area contributed by atoms with Crippen LogP contribution >= 0.6 is 0 Å². The van der Waals surface area contributed by atoms with Gasteiger partial charge in [-0.1, -0.05) is 13.8 Å². The zero-order chi connectivity index (χ0) is 8.65. The number of likely N-dealkylation sites (tertiary alicyclic amines) is 1. The molecule has 0 aromatic rings. The summed E-state index contributed by atoms with van der Waals surface area (Å²) in [5, 5.41) is 0. The lowest BCUT2D eigenvalue weighted by Gasteiger charge is -2.30. The van der Waals surface area contributed by atoms with Gasteiger partial charge in [0.2, 0.25) is 0 Å². The molecule has 1 heteroatoms. The molecule has 0 spiro atoms. The Morgan fingerprint density at radius 2 is 1.82 bits per heavy atom. The van der Waals surface area contributed by atoms with Crippen LogP contribution in [0.3, 0.4) is 0 Å². The second kappa shape index (κ2) is 2.78. The summed E-state index contributed by atoms with van der Waals surface area (Å²) in [6.07, 6.45) is 1.35. The number of hydrogen-bond acceptors (Lipinski definition) is 0. The topological polar surface area (TPSA) is 0 Å². The third-order valence-electron chi connectivity index (χ3n) is 3.68. The summed E-state index contributed by atoms with van der Waals surface area (Å²) < 4.78 is 1.22. The van der Waals surface area contributed by atoms with Gasteiger partial charge in [-0.3, -0.25) is 0 Å². The van der Waals surface area contributed by atoms with E-state index in [1.807, 2.05) is 0 Å². The Balaban J connectivity index is 2.71. The van der Waals surface area contributed by atoms with Crippen molar-refractivity contribution in [2.45, 2.75) is 33.2 Å². The molecular formula is C10H22N+. The van der Waals surface area contributed by atoms with Gasteiger partial charge in [0.1, 0.15) is 0 Å². The Hall–Kier alpha value is -0.0400. The lowest BCUT2D eigenvalue weighted by atomic mass is 9.90. The van der Waals surface area contributed by atoms with Crippen molar-refractivity contribution in [1.82, 2.24) is 0 Å². The predicted octanol–water partition coefficient (Wildman–Crippen LogP) is 2.13. The van der Waals surface area contributed by atoms with E-state index in [9.17, 15) is 0 Å². The van der Waals surface area contributed by atoms with E-state index in [4.69, 9.17) is 0 Å². The van der Waals surface area contributed by atoms with Gasteiger partial charge < -0.3 is 4.48 Å². The van der Waals surface area contributed by atoms with Crippen LogP contribution in [0.2, 0.25) is 0 Å². The minimum atomic E-state index is 0.856. The fourth-order valence-corrected chi connectivity index (χ4v) is 2.78. The van der Waals surface area contributed by atoms with Gasteiger partial charge in [0.15, 0.2) is 0 Å². The summed E-state index contributed by atoms with van der Waals surface area (Å²) in [4.78, 5) is 0. The molecule has 66 valence electrons. The fraction of sp³-hybridized carbons (Fsp3) is 1.00. The van der Waals surface area contributed by atoms with Gasteiger partial charge >= 0.3 is 0 Å². The predicted molar refractivity (Wildman–Crippen MR) is 49.4 cm³/mol. The molecule has 1 saturated heterocycles. The van der Waals surface area contributed by atoms with Crippen LogP contribution < -0.4 is 0 Å². The van der Waals surface area contributed by atoms with Gasteiger partial charge in [0, 0.05) is 11.8 Å². The standard InChI is InChI=1S/C10H22N/c1-6-10-8(2)7-11(4,5)9(10)3/h8-10H,6-7H2,1-5H3/q+1. The monoisotopic (exact) mass is 156 g/mol. The Labute approximate surface area is 71.0 Å². The lowest BCUT2D eigenvalue weighted by Crippen LogP contribution is -2.43. The van der Waals surface area contributed by atoms with Crippen molar-refractivity contribution < 1.29 is 4.48 Å². The number of nitrogens with zero attached hydrogens (tertiary/aromatic N) is 1. The van der Waals surface area contributed by atoms with Crippen LogP contribution in [0, 0.1) is 11.8 Å². The van der Waals surface area contributed by atoms with Crippen molar-refractivity contribution in [3.8, 4) is 0 Å². The average molecular weight is 156 g/mol. The van der Waals surface area contributed by atoms with Gasteiger partial charge in [-0.25, -0.2) is 0 Å². The molecule has 0 aromatic carbocycles. The largest absolute Gasteiger partial charge is 0.326 e. The molecule has 0 amide bonds. The first-order valence-corrected chi connectivity index (χ1v) is 4.81. The van der Waals surface area contributed by atoms with Gasteiger partial charge in [-0.2, -0.15) is 0 Å². The molecule has 1 rings (SSSR count). The minimum Gasteiger partial charge on any atom is -0.326 e. The molecule has 1 fully saturated rings. The molecule has 0 N–H and O–H groups in total. The van der Waals surface area contributed by atoms with E-state index in [-0.39, 0.29) is 0 Å². The molecule has 3 unspecified atom stereocenters. The van der Waals surface area contributed by atoms with E-state index >= 15 is 0 Å². The first kappa shape index (κ1) is 9.05. The van der Waals surface area contributed by atoms with Crippen LogP contribution in [0.25, 0.3) is 0 Å². The van der Waals surface area contributed by atoms with Crippen LogP contribution in [0.4, 0.5) is 0 Å². The van der Waals surface area contributed by atoms with Crippen molar-refractivity contribution in [2.24, 2.45) is 11.8 Å². The Morgan fingerprint density at radius 3 is 2.00 bits per heavy atom. The van der Waals surface area contributed by atoms with Crippen LogP contribution in [-0.2, 0) is 0 Å². The fourth-order valence-electron chi connectivity index (χ4n) is 2.78. The second-order valence-corrected chi connectivity index (χ2v) is 4.75. The summed E-state index contributed by atoms with van der Waals surface area (Å²) in [5.74, 6) is 1.87. The molecule has 1 heterocycles. The van der Waals surface area contributed by atoms with Crippen LogP contribution in [0.5, 0.6) is 0 Å². The Bertz CT molecular complexity index is 140. The Kier molecular flexibility index (Phi) is 2.29. The van der Waals surface area contributed by atoms with E-state index in [0.29, 0.717) is 0 Å². The molecule has 0 aromatic heterocycles. The molecule has 1 aliphatic heterocycles.